The monoisotopic (exact) mass is 594 g/mol. The Balaban J connectivity index is 1.58. The minimum absolute atomic E-state index is 0.0247. The molecule has 0 aliphatic carbocycles. The van der Waals surface area contributed by atoms with Crippen molar-refractivity contribution in [1.29, 1.82) is 0 Å². The normalized spacial score (nSPS) is 33.6. The van der Waals surface area contributed by atoms with E-state index in [1.807, 2.05) is 0 Å². The van der Waals surface area contributed by atoms with Crippen molar-refractivity contribution in [2.24, 2.45) is 0 Å². The molecule has 0 amide bonds. The van der Waals surface area contributed by atoms with E-state index < -0.39 is 102 Å². The second-order valence-electron chi connectivity index (χ2n) is 10.1. The fraction of sp³-hybridized carbons (Fsp3) is 0.444. The summed E-state index contributed by atoms with van der Waals surface area (Å²) in [5.41, 5.74) is -1.10. The number of phenols is 3. The lowest BCUT2D eigenvalue weighted by atomic mass is 9.89. The van der Waals surface area contributed by atoms with E-state index in [0.29, 0.717) is 5.56 Å². The zero-order chi connectivity index (χ0) is 30.5. The van der Waals surface area contributed by atoms with Gasteiger partial charge in [-0.15, -0.1) is 0 Å². The summed E-state index contributed by atoms with van der Waals surface area (Å²) >= 11 is 0. The van der Waals surface area contributed by atoms with Crippen molar-refractivity contribution in [3.8, 4) is 28.6 Å². The summed E-state index contributed by atoms with van der Waals surface area (Å²) < 4.78 is 22.4. The van der Waals surface area contributed by atoms with Crippen molar-refractivity contribution in [2.45, 2.75) is 61.2 Å². The molecule has 228 valence electrons. The second-order valence-corrected chi connectivity index (χ2v) is 10.1. The maximum absolute atomic E-state index is 13.1. The Kier molecular flexibility index (Phi) is 8.41. The van der Waals surface area contributed by atoms with Gasteiger partial charge in [-0.25, -0.2) is 0 Å². The number of benzene rings is 2. The van der Waals surface area contributed by atoms with E-state index in [1.54, 1.807) is 0 Å². The zero-order valence-electron chi connectivity index (χ0n) is 21.7. The van der Waals surface area contributed by atoms with Gasteiger partial charge < -0.3 is 69.7 Å². The molecule has 15 heteroatoms. The number of phenolic OH excluding ortho intramolecular Hbond substituents is 3. The predicted octanol–water partition coefficient (Wildman–Crippen LogP) is -2.08. The van der Waals surface area contributed by atoms with E-state index in [2.05, 4.69) is 0 Å². The molecule has 0 radical (unpaired) electrons. The third-order valence-corrected chi connectivity index (χ3v) is 7.45. The Morgan fingerprint density at radius 1 is 0.762 bits per heavy atom. The molecule has 1 unspecified atom stereocenters. The van der Waals surface area contributed by atoms with Gasteiger partial charge in [0.15, 0.2) is 11.7 Å². The highest BCUT2D eigenvalue weighted by atomic mass is 16.7. The summed E-state index contributed by atoms with van der Waals surface area (Å²) in [6.07, 6.45) is -17.4. The van der Waals surface area contributed by atoms with E-state index in [0.717, 1.165) is 12.1 Å². The van der Waals surface area contributed by atoms with Crippen molar-refractivity contribution in [2.75, 3.05) is 13.2 Å². The average Bonchev–Trinajstić information content (AvgIpc) is 2.96. The lowest BCUT2D eigenvalue weighted by Crippen LogP contribution is -2.62. The summed E-state index contributed by atoms with van der Waals surface area (Å²) in [7, 11) is 0. The Hall–Kier alpha value is -3.35. The Morgan fingerprint density at radius 2 is 1.38 bits per heavy atom. The quantitative estimate of drug-likeness (QED) is 0.147. The molecule has 15 nitrogen and oxygen atoms in total. The van der Waals surface area contributed by atoms with Gasteiger partial charge in [0.1, 0.15) is 88.9 Å². The Labute approximate surface area is 236 Å². The van der Waals surface area contributed by atoms with Crippen LogP contribution in [0.3, 0.4) is 0 Å². The van der Waals surface area contributed by atoms with E-state index in [-0.39, 0.29) is 17.1 Å². The van der Waals surface area contributed by atoms with Crippen LogP contribution in [0.2, 0.25) is 0 Å². The van der Waals surface area contributed by atoms with Gasteiger partial charge in [-0.1, -0.05) is 0 Å². The molecule has 10 N–H and O–H groups in total. The molecule has 0 bridgehead atoms. The maximum Gasteiger partial charge on any atom is 0.197 e. The van der Waals surface area contributed by atoms with E-state index in [1.165, 1.54) is 24.3 Å². The molecule has 5 rings (SSSR count). The van der Waals surface area contributed by atoms with Crippen LogP contribution in [0.4, 0.5) is 0 Å². The lowest BCUT2D eigenvalue weighted by Gasteiger charge is -2.46. The lowest BCUT2D eigenvalue weighted by molar-refractivity contribution is -0.342. The third-order valence-electron chi connectivity index (χ3n) is 7.45. The van der Waals surface area contributed by atoms with Crippen LogP contribution < -0.4 is 5.43 Å². The number of aliphatic hydroxyl groups excluding tert-OH is 7. The molecule has 0 saturated carbocycles. The van der Waals surface area contributed by atoms with E-state index in [9.17, 15) is 55.9 Å². The van der Waals surface area contributed by atoms with Crippen molar-refractivity contribution >= 4 is 11.0 Å². The van der Waals surface area contributed by atoms with Crippen LogP contribution in [0.1, 0.15) is 11.7 Å². The van der Waals surface area contributed by atoms with Crippen molar-refractivity contribution in [1.82, 2.24) is 0 Å². The van der Waals surface area contributed by atoms with Crippen LogP contribution in [-0.2, 0) is 14.2 Å². The summed E-state index contributed by atoms with van der Waals surface area (Å²) in [5.74, 6) is -1.53. The number of rotatable bonds is 6. The first-order chi connectivity index (χ1) is 20.0. The molecular formula is C27H30O15. The van der Waals surface area contributed by atoms with Crippen LogP contribution in [0, 0.1) is 0 Å². The third kappa shape index (κ3) is 5.20. The molecule has 2 aliphatic heterocycles. The molecule has 10 atom stereocenters. The van der Waals surface area contributed by atoms with Crippen LogP contribution in [-0.4, -0.2) is 119 Å². The van der Waals surface area contributed by atoms with Gasteiger partial charge >= 0.3 is 0 Å². The highest BCUT2D eigenvalue weighted by Crippen LogP contribution is 2.46. The van der Waals surface area contributed by atoms with Gasteiger partial charge in [0.2, 0.25) is 0 Å². The molecule has 2 saturated heterocycles. The first kappa shape index (κ1) is 30.1. The highest BCUT2D eigenvalue weighted by molar-refractivity contribution is 5.88. The number of hydrogen-bond donors (Lipinski definition) is 10. The molecule has 42 heavy (non-hydrogen) atoms. The Bertz CT molecular complexity index is 1470. The molecule has 0 spiro atoms. The molecular weight excluding hydrogens is 564 g/mol. The molecule has 2 fully saturated rings. The summed E-state index contributed by atoms with van der Waals surface area (Å²) in [6, 6.07) is 7.75. The van der Waals surface area contributed by atoms with Crippen molar-refractivity contribution in [3.05, 3.63) is 52.2 Å². The Morgan fingerprint density at radius 3 is 2.02 bits per heavy atom. The van der Waals surface area contributed by atoms with Crippen LogP contribution in [0.5, 0.6) is 17.2 Å². The van der Waals surface area contributed by atoms with E-state index in [4.69, 9.17) is 18.6 Å². The van der Waals surface area contributed by atoms with Gasteiger partial charge in [0, 0.05) is 17.7 Å². The van der Waals surface area contributed by atoms with Gasteiger partial charge in [-0.05, 0) is 24.3 Å². The smallest absolute Gasteiger partial charge is 0.197 e. The molecule has 1 aromatic heterocycles. The van der Waals surface area contributed by atoms with Gasteiger partial charge in [0.05, 0.1) is 18.8 Å². The number of aromatic hydroxyl groups is 3. The number of fused-ring (bicyclic) bond motifs is 1. The molecule has 2 aromatic carbocycles. The largest absolute Gasteiger partial charge is 0.508 e. The zero-order valence-corrected chi connectivity index (χ0v) is 21.7. The van der Waals surface area contributed by atoms with Crippen LogP contribution in [0.25, 0.3) is 22.3 Å². The first-order valence-electron chi connectivity index (χ1n) is 12.9. The minimum atomic E-state index is -1.92. The molecule has 2 aliphatic rings. The standard InChI is InChI=1S/C27H30O15/c28-7-15-20(34)23(37)26(42-27-24(38)22(36)19(33)16(8-29)41-27)25(40-15)18-12(32)6-14-17(21(18)35)11(31)5-13(39-14)9-1-3-10(30)4-2-9/h1-6,15-16,19-20,22-30,32-38H,7-8H2/t15-,16-,19-,20-,22+,23+,24-,25+,26-,27?/m0/s1. The SMILES string of the molecule is O=c1cc(-c2ccc(O)cc2)oc2cc(O)c([C@H]3O[C@@H](CO)[C@H](O)[C@@H](O)[C@@H]3OC3O[C@@H](CO)[C@H](O)[C@@H](O)[C@@H]3O)c(O)c12. The van der Waals surface area contributed by atoms with Gasteiger partial charge in [-0.3, -0.25) is 4.79 Å². The van der Waals surface area contributed by atoms with Crippen molar-refractivity contribution in [3.63, 3.8) is 0 Å². The van der Waals surface area contributed by atoms with E-state index >= 15 is 0 Å². The van der Waals surface area contributed by atoms with Gasteiger partial charge in [-0.2, -0.15) is 0 Å². The predicted molar refractivity (Wildman–Crippen MR) is 138 cm³/mol. The van der Waals surface area contributed by atoms with Gasteiger partial charge in [0.25, 0.3) is 0 Å². The first-order valence-corrected chi connectivity index (χ1v) is 12.9. The fourth-order valence-electron chi connectivity index (χ4n) is 5.16. The molecule has 3 heterocycles. The second kappa shape index (κ2) is 11.7. The number of hydrogen-bond acceptors (Lipinski definition) is 15. The van der Waals surface area contributed by atoms with Crippen LogP contribution in [0.15, 0.2) is 45.6 Å². The summed E-state index contributed by atoms with van der Waals surface area (Å²) in [5, 5.41) is 103. The minimum Gasteiger partial charge on any atom is -0.508 e. The number of ether oxygens (including phenoxy) is 3. The maximum atomic E-state index is 13.1. The summed E-state index contributed by atoms with van der Waals surface area (Å²) in [4.78, 5) is 13.1. The average molecular weight is 595 g/mol. The fourth-order valence-corrected chi connectivity index (χ4v) is 5.16. The molecule has 3 aromatic rings. The van der Waals surface area contributed by atoms with Crippen molar-refractivity contribution < 1.29 is 69.7 Å². The summed E-state index contributed by atoms with van der Waals surface area (Å²) in [6.45, 7) is -1.62. The topological polar surface area (TPSA) is 260 Å². The highest BCUT2D eigenvalue weighted by Gasteiger charge is 2.52. The number of aliphatic hydroxyl groups is 7. The van der Waals surface area contributed by atoms with Crippen LogP contribution >= 0.6 is 0 Å².